The van der Waals surface area contributed by atoms with Crippen LogP contribution in [0.1, 0.15) is 0 Å². The summed E-state index contributed by atoms with van der Waals surface area (Å²) >= 11 is 0. The van der Waals surface area contributed by atoms with E-state index in [1.807, 2.05) is 0 Å². The number of dihydropyridines is 1. The molecule has 1 amide bonds. The first kappa shape index (κ1) is 5.29. The van der Waals surface area contributed by atoms with Crippen molar-refractivity contribution < 1.29 is 4.79 Å². The second-order valence-corrected chi connectivity index (χ2v) is 2.06. The van der Waals surface area contributed by atoms with Crippen LogP contribution in [-0.4, -0.2) is 18.3 Å². The Labute approximate surface area is 57.5 Å². The van der Waals surface area contributed by atoms with Crippen molar-refractivity contribution >= 4 is 18.3 Å². The summed E-state index contributed by atoms with van der Waals surface area (Å²) in [5.74, 6) is -0.208. The highest BCUT2D eigenvalue weighted by Crippen LogP contribution is 2.14. The van der Waals surface area contributed by atoms with Gasteiger partial charge >= 0.3 is 0 Å². The van der Waals surface area contributed by atoms with Gasteiger partial charge in [-0.25, -0.2) is 4.99 Å². The topological polar surface area (TPSA) is 41.8 Å². The molecule has 10 heavy (non-hydrogen) atoms. The fraction of sp³-hybridized carbons (Fsp3) is 0. The van der Waals surface area contributed by atoms with Crippen LogP contribution in [0.2, 0.25) is 0 Å². The Morgan fingerprint density at radius 1 is 1.20 bits per heavy atom. The molecule has 2 aliphatic heterocycles. The van der Waals surface area contributed by atoms with Crippen molar-refractivity contribution in [3.8, 4) is 0 Å². The standard InChI is InChI=1S/C7H4N2O/c10-7-1-5-2-8-3-6(5)4-9-7/h1-4H. The van der Waals surface area contributed by atoms with Gasteiger partial charge in [-0.05, 0) is 0 Å². The summed E-state index contributed by atoms with van der Waals surface area (Å²) in [5.41, 5.74) is 1.78. The lowest BCUT2D eigenvalue weighted by atomic mass is 10.1. The quantitative estimate of drug-likeness (QED) is 0.473. The smallest absolute Gasteiger partial charge is 0.267 e. The van der Waals surface area contributed by atoms with Crippen LogP contribution in [-0.2, 0) is 4.79 Å². The van der Waals surface area contributed by atoms with E-state index in [1.54, 1.807) is 12.4 Å². The highest BCUT2D eigenvalue weighted by Gasteiger charge is 2.11. The van der Waals surface area contributed by atoms with Crippen LogP contribution in [0.4, 0.5) is 0 Å². The molecule has 3 nitrogen and oxygen atoms in total. The van der Waals surface area contributed by atoms with E-state index < -0.39 is 0 Å². The Hall–Kier alpha value is -1.51. The lowest BCUT2D eigenvalue weighted by Crippen LogP contribution is -2.01. The summed E-state index contributed by atoms with van der Waals surface area (Å²) in [6.45, 7) is 0. The van der Waals surface area contributed by atoms with Gasteiger partial charge in [0.25, 0.3) is 5.91 Å². The van der Waals surface area contributed by atoms with Crippen LogP contribution in [0.15, 0.2) is 33.4 Å². The van der Waals surface area contributed by atoms with Gasteiger partial charge in [0.1, 0.15) is 0 Å². The minimum atomic E-state index is -0.208. The number of nitrogens with zero attached hydrogens (tertiary/aromatic N) is 2. The van der Waals surface area contributed by atoms with Gasteiger partial charge in [0.15, 0.2) is 0 Å². The highest BCUT2D eigenvalue weighted by molar-refractivity contribution is 6.13. The largest absolute Gasteiger partial charge is 0.270 e. The molecular formula is C7H4N2O. The third-order valence-corrected chi connectivity index (χ3v) is 1.37. The van der Waals surface area contributed by atoms with Gasteiger partial charge in [-0.15, -0.1) is 0 Å². The predicted octanol–water partition coefficient (Wildman–Crippen LogP) is 0.492. The number of hydrogen-bond acceptors (Lipinski definition) is 2. The first-order valence-electron chi connectivity index (χ1n) is 2.90. The lowest BCUT2D eigenvalue weighted by molar-refractivity contribution is -0.113. The Kier molecular flexibility index (Phi) is 0.917. The number of allylic oxidation sites excluding steroid dienone is 2. The summed E-state index contributed by atoms with van der Waals surface area (Å²) in [7, 11) is 0. The second-order valence-electron chi connectivity index (χ2n) is 2.06. The lowest BCUT2D eigenvalue weighted by Gasteiger charge is -1.98. The SMILES string of the molecule is O=C1C=C2C=NC=C2C=N1. The molecule has 2 aliphatic rings. The predicted molar refractivity (Wildman–Crippen MR) is 38.2 cm³/mol. The molecule has 0 radical (unpaired) electrons. The van der Waals surface area contributed by atoms with E-state index in [0.29, 0.717) is 0 Å². The van der Waals surface area contributed by atoms with Crippen molar-refractivity contribution in [3.05, 3.63) is 23.4 Å². The van der Waals surface area contributed by atoms with E-state index in [9.17, 15) is 4.79 Å². The van der Waals surface area contributed by atoms with E-state index in [0.717, 1.165) is 11.1 Å². The van der Waals surface area contributed by atoms with Crippen LogP contribution in [0.3, 0.4) is 0 Å². The number of amides is 1. The number of carbonyl (C=O) groups is 1. The fourth-order valence-electron chi connectivity index (χ4n) is 0.879. The van der Waals surface area contributed by atoms with Gasteiger partial charge in [-0.3, -0.25) is 9.79 Å². The Balaban J connectivity index is 2.51. The van der Waals surface area contributed by atoms with Gasteiger partial charge in [-0.2, -0.15) is 0 Å². The summed E-state index contributed by atoms with van der Waals surface area (Å²) in [4.78, 5) is 18.1. The Morgan fingerprint density at radius 3 is 3.00 bits per heavy atom. The molecule has 0 saturated heterocycles. The first-order valence-corrected chi connectivity index (χ1v) is 2.90. The maximum Gasteiger partial charge on any atom is 0.270 e. The molecule has 0 N–H and O–H groups in total. The molecule has 0 bridgehead atoms. The number of fused-ring (bicyclic) bond motifs is 1. The second kappa shape index (κ2) is 1.73. The number of hydrogen-bond donors (Lipinski definition) is 0. The fourth-order valence-corrected chi connectivity index (χ4v) is 0.879. The monoisotopic (exact) mass is 132 g/mol. The number of rotatable bonds is 0. The average molecular weight is 132 g/mol. The molecule has 0 atom stereocenters. The molecule has 0 aromatic heterocycles. The molecule has 0 fully saturated rings. The van der Waals surface area contributed by atoms with Crippen molar-refractivity contribution in [2.45, 2.75) is 0 Å². The zero-order valence-electron chi connectivity index (χ0n) is 5.11. The molecule has 3 heteroatoms. The zero-order valence-corrected chi connectivity index (χ0v) is 5.11. The summed E-state index contributed by atoms with van der Waals surface area (Å²) in [5, 5.41) is 0. The third kappa shape index (κ3) is 0.639. The van der Waals surface area contributed by atoms with Crippen molar-refractivity contribution in [1.29, 1.82) is 0 Å². The molecule has 0 aromatic rings. The van der Waals surface area contributed by atoms with E-state index >= 15 is 0 Å². The van der Waals surface area contributed by atoms with Crippen LogP contribution in [0.5, 0.6) is 0 Å². The van der Waals surface area contributed by atoms with Gasteiger partial charge in [0.2, 0.25) is 0 Å². The van der Waals surface area contributed by atoms with Gasteiger partial charge in [0.05, 0.1) is 0 Å². The summed E-state index contributed by atoms with van der Waals surface area (Å²) in [6, 6.07) is 0. The molecule has 2 rings (SSSR count). The van der Waals surface area contributed by atoms with Crippen molar-refractivity contribution in [1.82, 2.24) is 0 Å². The minimum Gasteiger partial charge on any atom is -0.267 e. The van der Waals surface area contributed by atoms with Crippen LogP contribution >= 0.6 is 0 Å². The summed E-state index contributed by atoms with van der Waals surface area (Å²) < 4.78 is 0. The van der Waals surface area contributed by atoms with E-state index in [-0.39, 0.29) is 5.91 Å². The molecule has 0 aromatic carbocycles. The minimum absolute atomic E-state index is 0.208. The average Bonchev–Trinajstić information content (AvgIpc) is 2.33. The van der Waals surface area contributed by atoms with Crippen molar-refractivity contribution in [2.75, 3.05) is 0 Å². The molecule has 0 aliphatic carbocycles. The first-order chi connectivity index (χ1) is 4.86. The Morgan fingerprint density at radius 2 is 2.10 bits per heavy atom. The highest BCUT2D eigenvalue weighted by atomic mass is 16.1. The maximum absolute atomic E-state index is 10.6. The zero-order chi connectivity index (χ0) is 6.97. The van der Waals surface area contributed by atoms with Gasteiger partial charge in [-0.1, -0.05) is 0 Å². The van der Waals surface area contributed by atoms with Gasteiger partial charge < -0.3 is 0 Å². The van der Waals surface area contributed by atoms with Crippen LogP contribution in [0, 0.1) is 0 Å². The van der Waals surface area contributed by atoms with E-state index in [1.165, 1.54) is 12.3 Å². The normalized spacial score (nSPS) is 20.6. The van der Waals surface area contributed by atoms with Gasteiger partial charge in [0, 0.05) is 35.9 Å². The maximum atomic E-state index is 10.6. The molecular weight excluding hydrogens is 128 g/mol. The number of carbonyl (C=O) groups excluding carboxylic acids is 1. The number of aliphatic imine (C=N–C) groups is 2. The summed E-state index contributed by atoms with van der Waals surface area (Å²) in [6.07, 6.45) is 6.34. The molecule has 0 saturated carbocycles. The molecule has 48 valence electrons. The Bertz CT molecular complexity index is 308. The molecule has 0 spiro atoms. The molecule has 2 heterocycles. The van der Waals surface area contributed by atoms with E-state index in [4.69, 9.17) is 0 Å². The van der Waals surface area contributed by atoms with Crippen molar-refractivity contribution in [2.24, 2.45) is 9.98 Å². The molecule has 0 unspecified atom stereocenters. The van der Waals surface area contributed by atoms with Crippen LogP contribution < -0.4 is 0 Å². The van der Waals surface area contributed by atoms with E-state index in [2.05, 4.69) is 9.98 Å². The van der Waals surface area contributed by atoms with Crippen molar-refractivity contribution in [3.63, 3.8) is 0 Å². The third-order valence-electron chi connectivity index (χ3n) is 1.37. The van der Waals surface area contributed by atoms with Crippen LogP contribution in [0.25, 0.3) is 0 Å².